The zero-order chi connectivity index (χ0) is 21.1. The van der Waals surface area contributed by atoms with Crippen LogP contribution >= 0.6 is 0 Å². The van der Waals surface area contributed by atoms with E-state index in [2.05, 4.69) is 0 Å². The predicted octanol–water partition coefficient (Wildman–Crippen LogP) is 3.50. The smallest absolute Gasteiger partial charge is 0.321 e. The van der Waals surface area contributed by atoms with E-state index in [1.165, 1.54) is 18.6 Å². The van der Waals surface area contributed by atoms with E-state index in [0.29, 0.717) is 32.1 Å². The molecule has 2 rings (SSSR count). The predicted molar refractivity (Wildman–Crippen MR) is 108 cm³/mol. The van der Waals surface area contributed by atoms with Gasteiger partial charge in [-0.05, 0) is 44.2 Å². The molecule has 0 heterocycles. The van der Waals surface area contributed by atoms with Gasteiger partial charge in [-0.3, -0.25) is 19.7 Å². The highest BCUT2D eigenvalue weighted by molar-refractivity contribution is 5.83. The molecule has 1 aliphatic rings. The molecule has 8 nitrogen and oxygen atoms in total. The number of benzene rings is 1. The van der Waals surface area contributed by atoms with Gasteiger partial charge in [0.2, 0.25) is 5.91 Å². The Morgan fingerprint density at radius 2 is 2.00 bits per heavy atom. The fourth-order valence-corrected chi connectivity index (χ4v) is 3.84. The van der Waals surface area contributed by atoms with Gasteiger partial charge in [-0.25, -0.2) is 0 Å². The molecule has 0 aromatic heterocycles. The molecule has 29 heavy (non-hydrogen) atoms. The molecule has 1 fully saturated rings. The first-order chi connectivity index (χ1) is 14.1. The van der Waals surface area contributed by atoms with Crippen LogP contribution in [0.1, 0.15) is 68.1 Å². The summed E-state index contributed by atoms with van der Waals surface area (Å²) in [6.07, 6.45) is 8.49. The van der Waals surface area contributed by atoms with E-state index in [0.717, 1.165) is 32.1 Å². The van der Waals surface area contributed by atoms with Gasteiger partial charge in [-0.2, -0.15) is 0 Å². The summed E-state index contributed by atoms with van der Waals surface area (Å²) in [7, 11) is 0. The monoisotopic (exact) mass is 406 g/mol. The summed E-state index contributed by atoms with van der Waals surface area (Å²) in [6.45, 7) is 0.651. The van der Waals surface area contributed by atoms with Crippen LogP contribution in [0, 0.1) is 10.1 Å². The van der Waals surface area contributed by atoms with E-state index in [4.69, 9.17) is 4.74 Å². The molecule has 0 radical (unpaired) electrons. The second-order valence-electron chi connectivity index (χ2n) is 7.33. The van der Waals surface area contributed by atoms with Crippen molar-refractivity contribution in [3.8, 4) is 5.75 Å². The van der Waals surface area contributed by atoms with Crippen LogP contribution in [0.25, 0.3) is 0 Å². The number of nitrogens with zero attached hydrogens (tertiary/aromatic N) is 2. The first kappa shape index (κ1) is 22.8. The molecule has 0 spiro atoms. The summed E-state index contributed by atoms with van der Waals surface area (Å²) in [5, 5.41) is 20.5. The summed E-state index contributed by atoms with van der Waals surface area (Å²) >= 11 is 0. The quantitative estimate of drug-likeness (QED) is 0.246. The number of para-hydroxylation sites is 1. The van der Waals surface area contributed by atoms with Crippen molar-refractivity contribution < 1.29 is 24.4 Å². The molecule has 0 saturated heterocycles. The summed E-state index contributed by atoms with van der Waals surface area (Å²) in [6, 6.07) is 4.66. The minimum atomic E-state index is -0.612. The van der Waals surface area contributed by atoms with Gasteiger partial charge in [0, 0.05) is 19.0 Å². The molecular weight excluding hydrogens is 376 g/mol. The lowest BCUT2D eigenvalue weighted by atomic mass is 9.94. The molecule has 1 aromatic carbocycles. The van der Waals surface area contributed by atoms with E-state index >= 15 is 0 Å². The zero-order valence-corrected chi connectivity index (χ0v) is 16.8. The standard InChI is InChI=1S/C21H30N2O6/c24-14-13-22(18-9-3-1-4-10-18)20(26)12-5-2-6-15-29-19-11-7-8-17(16-25)21(19)23(27)28/h7-8,11,16,18,24H,1-6,9-10,12-15H2. The van der Waals surface area contributed by atoms with Crippen molar-refractivity contribution in [2.24, 2.45) is 0 Å². The molecule has 8 heteroatoms. The number of carbonyl (C=O) groups is 2. The van der Waals surface area contributed by atoms with Gasteiger partial charge in [-0.15, -0.1) is 0 Å². The van der Waals surface area contributed by atoms with Crippen LogP contribution in [0.4, 0.5) is 5.69 Å². The van der Waals surface area contributed by atoms with Crippen molar-refractivity contribution in [1.29, 1.82) is 0 Å². The number of aldehydes is 1. The minimum absolute atomic E-state index is 0.00946. The van der Waals surface area contributed by atoms with Crippen LogP contribution < -0.4 is 4.74 Å². The summed E-state index contributed by atoms with van der Waals surface area (Å²) < 4.78 is 5.50. The average molecular weight is 406 g/mol. The Labute approximate surface area is 171 Å². The number of aliphatic hydroxyl groups is 1. The first-order valence-corrected chi connectivity index (χ1v) is 10.3. The third kappa shape index (κ3) is 6.81. The highest BCUT2D eigenvalue weighted by Crippen LogP contribution is 2.30. The third-order valence-corrected chi connectivity index (χ3v) is 5.31. The lowest BCUT2D eigenvalue weighted by Gasteiger charge is -2.34. The van der Waals surface area contributed by atoms with Crippen molar-refractivity contribution >= 4 is 17.9 Å². The number of rotatable bonds is 12. The number of ether oxygens (including phenoxy) is 1. The van der Waals surface area contributed by atoms with E-state index in [-0.39, 0.29) is 42.2 Å². The molecule has 0 aliphatic heterocycles. The Kier molecular flexibility index (Phi) is 9.56. The maximum atomic E-state index is 12.6. The Hall–Kier alpha value is -2.48. The molecule has 1 amide bonds. The topological polar surface area (TPSA) is 110 Å². The Balaban J connectivity index is 1.74. The van der Waals surface area contributed by atoms with Gasteiger partial charge in [0.25, 0.3) is 0 Å². The van der Waals surface area contributed by atoms with Gasteiger partial charge in [0.1, 0.15) is 0 Å². The Morgan fingerprint density at radius 3 is 2.66 bits per heavy atom. The normalized spacial score (nSPS) is 14.4. The number of unbranched alkanes of at least 4 members (excludes halogenated alkanes) is 2. The van der Waals surface area contributed by atoms with Crippen molar-refractivity contribution in [2.75, 3.05) is 19.8 Å². The van der Waals surface area contributed by atoms with Crippen LogP contribution in [0.2, 0.25) is 0 Å². The molecule has 1 saturated carbocycles. The zero-order valence-electron chi connectivity index (χ0n) is 16.8. The van der Waals surface area contributed by atoms with Gasteiger partial charge in [0.15, 0.2) is 12.0 Å². The Morgan fingerprint density at radius 1 is 1.24 bits per heavy atom. The number of hydrogen-bond donors (Lipinski definition) is 1. The van der Waals surface area contributed by atoms with Crippen LogP contribution in [0.5, 0.6) is 5.75 Å². The highest BCUT2D eigenvalue weighted by Gasteiger charge is 2.24. The first-order valence-electron chi connectivity index (χ1n) is 10.3. The molecule has 0 unspecified atom stereocenters. The summed E-state index contributed by atoms with van der Waals surface area (Å²) in [5.74, 6) is 0.170. The van der Waals surface area contributed by atoms with Crippen molar-refractivity contribution in [2.45, 2.75) is 63.8 Å². The molecule has 1 aromatic rings. The Bertz CT molecular complexity index is 688. The fourth-order valence-electron chi connectivity index (χ4n) is 3.84. The number of hydrogen-bond acceptors (Lipinski definition) is 6. The van der Waals surface area contributed by atoms with Crippen molar-refractivity contribution in [3.63, 3.8) is 0 Å². The maximum absolute atomic E-state index is 12.6. The second kappa shape index (κ2) is 12.2. The molecule has 160 valence electrons. The number of nitro benzene ring substituents is 1. The number of aliphatic hydroxyl groups excluding tert-OH is 1. The highest BCUT2D eigenvalue weighted by atomic mass is 16.6. The van der Waals surface area contributed by atoms with Crippen LogP contribution in [0.3, 0.4) is 0 Å². The van der Waals surface area contributed by atoms with Crippen LogP contribution in [0.15, 0.2) is 18.2 Å². The largest absolute Gasteiger partial charge is 0.487 e. The fraction of sp³-hybridized carbons (Fsp3) is 0.619. The summed E-state index contributed by atoms with van der Waals surface area (Å²) in [4.78, 5) is 35.9. The number of carbonyl (C=O) groups excluding carboxylic acids is 2. The summed E-state index contributed by atoms with van der Waals surface area (Å²) in [5.41, 5.74) is -0.324. The van der Waals surface area contributed by atoms with Crippen LogP contribution in [-0.2, 0) is 4.79 Å². The lowest BCUT2D eigenvalue weighted by Crippen LogP contribution is -2.43. The molecule has 0 atom stereocenters. The van der Waals surface area contributed by atoms with E-state index in [9.17, 15) is 24.8 Å². The van der Waals surface area contributed by atoms with Gasteiger partial charge in [-0.1, -0.05) is 25.3 Å². The second-order valence-corrected chi connectivity index (χ2v) is 7.33. The molecular formula is C21H30N2O6. The van der Waals surface area contributed by atoms with E-state index < -0.39 is 4.92 Å². The van der Waals surface area contributed by atoms with E-state index in [1.807, 2.05) is 4.90 Å². The van der Waals surface area contributed by atoms with Gasteiger partial charge < -0.3 is 14.7 Å². The van der Waals surface area contributed by atoms with Crippen LogP contribution in [-0.4, -0.2) is 52.9 Å². The lowest BCUT2D eigenvalue weighted by molar-refractivity contribution is -0.386. The van der Waals surface area contributed by atoms with Gasteiger partial charge >= 0.3 is 5.69 Å². The van der Waals surface area contributed by atoms with Crippen molar-refractivity contribution in [1.82, 2.24) is 4.90 Å². The SMILES string of the molecule is O=Cc1cccc(OCCCCCC(=O)N(CCO)C2CCCCC2)c1[N+](=O)[O-]. The molecule has 1 N–H and O–H groups in total. The average Bonchev–Trinajstić information content (AvgIpc) is 2.74. The third-order valence-electron chi connectivity index (χ3n) is 5.31. The minimum Gasteiger partial charge on any atom is -0.487 e. The number of amides is 1. The van der Waals surface area contributed by atoms with Crippen molar-refractivity contribution in [3.05, 3.63) is 33.9 Å². The number of nitro groups is 1. The molecule has 0 bridgehead atoms. The molecule has 1 aliphatic carbocycles. The maximum Gasteiger partial charge on any atom is 0.321 e. The van der Waals surface area contributed by atoms with E-state index in [1.54, 1.807) is 6.07 Å². The van der Waals surface area contributed by atoms with Gasteiger partial charge in [0.05, 0.1) is 23.7 Å².